The van der Waals surface area contributed by atoms with Gasteiger partial charge in [0.05, 0.1) is 11.9 Å². The number of nitrogens with zero attached hydrogens (tertiary/aromatic N) is 2. The van der Waals surface area contributed by atoms with Crippen LogP contribution in [0.5, 0.6) is 0 Å². The van der Waals surface area contributed by atoms with Crippen LogP contribution in [0.15, 0.2) is 24.5 Å². The third kappa shape index (κ3) is 2.70. The van der Waals surface area contributed by atoms with E-state index in [-0.39, 0.29) is 17.6 Å². The maximum Gasteiger partial charge on any atom is 0.229 e. The second-order valence-corrected chi connectivity index (χ2v) is 4.42. The maximum absolute atomic E-state index is 12.2. The fourth-order valence-corrected chi connectivity index (χ4v) is 2.14. The maximum atomic E-state index is 12.2. The molecule has 1 aliphatic carbocycles. The monoisotopic (exact) mass is 232 g/mol. The number of carbonyl (C=O) groups is 2. The molecule has 90 valence electrons. The van der Waals surface area contributed by atoms with Crippen molar-refractivity contribution in [2.24, 2.45) is 5.92 Å². The van der Waals surface area contributed by atoms with E-state index in [0.29, 0.717) is 25.7 Å². The molecule has 0 spiro atoms. The number of aromatic nitrogens is 1. The van der Waals surface area contributed by atoms with Gasteiger partial charge in [0.2, 0.25) is 5.91 Å². The Hall–Kier alpha value is -1.71. The zero-order chi connectivity index (χ0) is 12.3. The van der Waals surface area contributed by atoms with Crippen molar-refractivity contribution in [3.8, 4) is 0 Å². The van der Waals surface area contributed by atoms with E-state index in [0.717, 1.165) is 5.69 Å². The summed E-state index contributed by atoms with van der Waals surface area (Å²) >= 11 is 0. The van der Waals surface area contributed by atoms with Crippen LogP contribution in [0.1, 0.15) is 25.7 Å². The van der Waals surface area contributed by atoms with E-state index >= 15 is 0 Å². The minimum atomic E-state index is -0.0158. The van der Waals surface area contributed by atoms with Crippen molar-refractivity contribution in [1.29, 1.82) is 0 Å². The Balaban J connectivity index is 2.03. The van der Waals surface area contributed by atoms with Crippen LogP contribution in [-0.4, -0.2) is 23.7 Å². The number of Topliss-reactive ketones (excluding diaryl/α,β-unsaturated/α-hetero) is 1. The summed E-state index contributed by atoms with van der Waals surface area (Å²) in [5, 5.41) is 0. The van der Waals surface area contributed by atoms with Crippen LogP contribution >= 0.6 is 0 Å². The lowest BCUT2D eigenvalue weighted by molar-refractivity contribution is -0.126. The fraction of sp³-hybridized carbons (Fsp3) is 0.462. The van der Waals surface area contributed by atoms with Gasteiger partial charge in [-0.15, -0.1) is 0 Å². The predicted molar refractivity (Wildman–Crippen MR) is 64.6 cm³/mol. The number of hydrogen-bond acceptors (Lipinski definition) is 3. The smallest absolute Gasteiger partial charge is 0.229 e. The van der Waals surface area contributed by atoms with Crippen molar-refractivity contribution >= 4 is 17.4 Å². The van der Waals surface area contributed by atoms with Gasteiger partial charge in [-0.05, 0) is 25.0 Å². The molecule has 0 bridgehead atoms. The summed E-state index contributed by atoms with van der Waals surface area (Å²) in [6, 6.07) is 3.67. The third-order valence-corrected chi connectivity index (χ3v) is 3.26. The molecule has 4 heteroatoms. The first-order valence-corrected chi connectivity index (χ1v) is 5.88. The summed E-state index contributed by atoms with van der Waals surface area (Å²) in [5.74, 6) is 0.349. The highest BCUT2D eigenvalue weighted by Gasteiger charge is 2.27. The van der Waals surface area contributed by atoms with Gasteiger partial charge in [-0.1, -0.05) is 0 Å². The molecule has 1 aromatic heterocycles. The third-order valence-electron chi connectivity index (χ3n) is 3.26. The molecule has 0 aliphatic heterocycles. The molecule has 1 fully saturated rings. The average molecular weight is 232 g/mol. The van der Waals surface area contributed by atoms with E-state index in [4.69, 9.17) is 0 Å². The number of ketones is 1. The standard InChI is InChI=1S/C13H16N2O2/c1-15(11-3-2-8-14-9-11)13(17)10-4-6-12(16)7-5-10/h2-3,8-10H,4-7H2,1H3. The summed E-state index contributed by atoms with van der Waals surface area (Å²) in [6.07, 6.45) is 5.80. The number of rotatable bonds is 2. The van der Waals surface area contributed by atoms with Crippen LogP contribution in [0.3, 0.4) is 0 Å². The second kappa shape index (κ2) is 5.08. The number of pyridine rings is 1. The predicted octanol–water partition coefficient (Wildman–Crippen LogP) is 1.80. The minimum Gasteiger partial charge on any atom is -0.314 e. The van der Waals surface area contributed by atoms with Gasteiger partial charge in [-0.2, -0.15) is 0 Å². The van der Waals surface area contributed by atoms with E-state index in [9.17, 15) is 9.59 Å². The number of anilines is 1. The average Bonchev–Trinajstić information content (AvgIpc) is 2.39. The van der Waals surface area contributed by atoms with Crippen LogP contribution in [-0.2, 0) is 9.59 Å². The molecular formula is C13H16N2O2. The molecule has 0 saturated heterocycles. The van der Waals surface area contributed by atoms with Crippen molar-refractivity contribution in [2.45, 2.75) is 25.7 Å². The summed E-state index contributed by atoms with van der Waals surface area (Å²) < 4.78 is 0. The number of hydrogen-bond donors (Lipinski definition) is 0. The van der Waals surface area contributed by atoms with Crippen LogP contribution in [0, 0.1) is 5.92 Å². The van der Waals surface area contributed by atoms with Crippen molar-refractivity contribution in [3.63, 3.8) is 0 Å². The molecule has 1 heterocycles. The zero-order valence-electron chi connectivity index (χ0n) is 9.93. The Kier molecular flexibility index (Phi) is 3.52. The Morgan fingerprint density at radius 3 is 2.71 bits per heavy atom. The van der Waals surface area contributed by atoms with Crippen LogP contribution in [0.2, 0.25) is 0 Å². The van der Waals surface area contributed by atoms with Crippen molar-refractivity contribution in [1.82, 2.24) is 4.98 Å². The van der Waals surface area contributed by atoms with Gasteiger partial charge in [0, 0.05) is 32.0 Å². The minimum absolute atomic E-state index is 0.0158. The summed E-state index contributed by atoms with van der Waals surface area (Å²) in [4.78, 5) is 29.0. The molecule has 4 nitrogen and oxygen atoms in total. The van der Waals surface area contributed by atoms with E-state index in [2.05, 4.69) is 4.98 Å². The molecule has 1 aromatic rings. The van der Waals surface area contributed by atoms with E-state index in [1.165, 1.54) is 0 Å². The lowest BCUT2D eigenvalue weighted by Gasteiger charge is -2.25. The van der Waals surface area contributed by atoms with Gasteiger partial charge in [-0.3, -0.25) is 14.6 Å². The summed E-state index contributed by atoms with van der Waals surface area (Å²) in [5.41, 5.74) is 0.800. The molecule has 0 radical (unpaired) electrons. The highest BCUT2D eigenvalue weighted by molar-refractivity contribution is 5.95. The van der Waals surface area contributed by atoms with E-state index in [1.807, 2.05) is 12.1 Å². The molecule has 1 amide bonds. The number of carbonyl (C=O) groups excluding carboxylic acids is 2. The first-order valence-electron chi connectivity index (χ1n) is 5.88. The van der Waals surface area contributed by atoms with Crippen LogP contribution in [0.4, 0.5) is 5.69 Å². The molecule has 0 unspecified atom stereocenters. The molecule has 1 saturated carbocycles. The zero-order valence-corrected chi connectivity index (χ0v) is 9.93. The van der Waals surface area contributed by atoms with Gasteiger partial charge in [-0.25, -0.2) is 0 Å². The largest absolute Gasteiger partial charge is 0.314 e. The van der Waals surface area contributed by atoms with Gasteiger partial charge in [0.1, 0.15) is 5.78 Å². The van der Waals surface area contributed by atoms with Gasteiger partial charge in [0.15, 0.2) is 0 Å². The normalized spacial score (nSPS) is 16.9. The van der Waals surface area contributed by atoms with Crippen molar-refractivity contribution in [3.05, 3.63) is 24.5 Å². The first-order chi connectivity index (χ1) is 8.18. The van der Waals surface area contributed by atoms with Crippen molar-refractivity contribution in [2.75, 3.05) is 11.9 Å². The molecule has 1 aliphatic rings. The van der Waals surface area contributed by atoms with Crippen LogP contribution in [0.25, 0.3) is 0 Å². The number of amides is 1. The van der Waals surface area contributed by atoms with E-state index in [1.54, 1.807) is 24.3 Å². The molecule has 0 N–H and O–H groups in total. The fourth-order valence-electron chi connectivity index (χ4n) is 2.14. The van der Waals surface area contributed by atoms with Crippen molar-refractivity contribution < 1.29 is 9.59 Å². The van der Waals surface area contributed by atoms with E-state index < -0.39 is 0 Å². The SMILES string of the molecule is CN(C(=O)C1CCC(=O)CC1)c1cccnc1. The Labute approximate surface area is 101 Å². The molecular weight excluding hydrogens is 216 g/mol. The summed E-state index contributed by atoms with van der Waals surface area (Å²) in [6.45, 7) is 0. The van der Waals surface area contributed by atoms with Gasteiger partial charge in [0.25, 0.3) is 0 Å². The van der Waals surface area contributed by atoms with Gasteiger partial charge >= 0.3 is 0 Å². The quantitative estimate of drug-likeness (QED) is 0.781. The second-order valence-electron chi connectivity index (χ2n) is 4.42. The molecule has 0 atom stereocenters. The molecule has 2 rings (SSSR count). The Morgan fingerprint density at radius 1 is 1.41 bits per heavy atom. The van der Waals surface area contributed by atoms with Crippen LogP contribution < -0.4 is 4.90 Å². The summed E-state index contributed by atoms with van der Waals surface area (Å²) in [7, 11) is 1.76. The van der Waals surface area contributed by atoms with Gasteiger partial charge < -0.3 is 4.90 Å². The first kappa shape index (κ1) is 11.8. The lowest BCUT2D eigenvalue weighted by atomic mass is 9.87. The topological polar surface area (TPSA) is 50.3 Å². The highest BCUT2D eigenvalue weighted by atomic mass is 16.2. The molecule has 17 heavy (non-hydrogen) atoms. The highest BCUT2D eigenvalue weighted by Crippen LogP contribution is 2.24. The lowest BCUT2D eigenvalue weighted by Crippen LogP contribution is -2.35. The molecule has 0 aromatic carbocycles. The Morgan fingerprint density at radius 2 is 2.12 bits per heavy atom. The Bertz CT molecular complexity index is 407.